The van der Waals surface area contributed by atoms with Crippen LogP contribution in [0.2, 0.25) is 5.02 Å². The normalized spacial score (nSPS) is 16.4. The molecule has 0 radical (unpaired) electrons. The number of halogens is 2. The maximum Gasteiger partial charge on any atom is 0.256 e. The van der Waals surface area contributed by atoms with Gasteiger partial charge in [0.05, 0.1) is 11.1 Å². The first-order valence-electron chi connectivity index (χ1n) is 12.0. The number of amides is 1. The van der Waals surface area contributed by atoms with Crippen LogP contribution < -0.4 is 0 Å². The molecule has 0 aliphatic carbocycles. The van der Waals surface area contributed by atoms with E-state index in [4.69, 9.17) is 16.3 Å². The number of ether oxygens (including phenoxy) is 1. The lowest BCUT2D eigenvalue weighted by molar-refractivity contribution is -0.00886. The monoisotopic (exact) mass is 501 g/mol. The van der Waals surface area contributed by atoms with Gasteiger partial charge >= 0.3 is 0 Å². The van der Waals surface area contributed by atoms with Crippen LogP contribution in [0.5, 0.6) is 0 Å². The van der Waals surface area contributed by atoms with Crippen LogP contribution in [0.1, 0.15) is 45.6 Å². The summed E-state index contributed by atoms with van der Waals surface area (Å²) in [5, 5.41) is 1.50. The third-order valence-corrected chi connectivity index (χ3v) is 7.57. The number of fused-ring (bicyclic) bond motifs is 3. The van der Waals surface area contributed by atoms with E-state index in [0.717, 1.165) is 33.3 Å². The van der Waals surface area contributed by atoms with E-state index < -0.39 is 5.60 Å². The van der Waals surface area contributed by atoms with E-state index in [-0.39, 0.29) is 11.7 Å². The molecule has 2 aliphatic rings. The topological polar surface area (TPSA) is 47.4 Å². The van der Waals surface area contributed by atoms with E-state index >= 15 is 0 Å². The van der Waals surface area contributed by atoms with Crippen molar-refractivity contribution < 1.29 is 13.9 Å². The predicted octanol–water partition coefficient (Wildman–Crippen LogP) is 6.32. The Hall–Kier alpha value is -3.64. The molecule has 1 fully saturated rings. The Bertz CT molecular complexity index is 1540. The molecule has 0 unspecified atom stereocenters. The molecule has 1 spiro atoms. The van der Waals surface area contributed by atoms with Crippen LogP contribution in [0.15, 0.2) is 67.5 Å². The first kappa shape index (κ1) is 22.8. The number of aromatic nitrogens is 2. The lowest BCUT2D eigenvalue weighted by Crippen LogP contribution is -2.45. The minimum absolute atomic E-state index is 0.0158. The van der Waals surface area contributed by atoms with Gasteiger partial charge in [-0.15, -0.1) is 0 Å². The van der Waals surface area contributed by atoms with Crippen molar-refractivity contribution in [3.63, 3.8) is 0 Å². The van der Waals surface area contributed by atoms with Crippen LogP contribution in [0.3, 0.4) is 0 Å². The summed E-state index contributed by atoms with van der Waals surface area (Å²) in [6.45, 7) is 7.63. The number of carbonyl (C=O) groups is 1. The molecule has 2 aromatic heterocycles. The maximum absolute atomic E-state index is 13.8. The summed E-state index contributed by atoms with van der Waals surface area (Å²) < 4.78 is 22.1. The number of hydrogen-bond donors (Lipinski definition) is 0. The standard InChI is InChI=1S/C29H25ClFN3O2/c1-18-13-20(7-10-32-18)16-34-17-25(23-5-3-21(30)14-27(23)34)28(35)33-11-8-29(9-12-33)26-6-4-22(31)15-24(26)19(2)36-29/h3-7,10,13-15,17H,2,8-9,11-12,16H2,1H3. The number of pyridine rings is 1. The van der Waals surface area contributed by atoms with Crippen LogP contribution in [-0.4, -0.2) is 33.4 Å². The summed E-state index contributed by atoms with van der Waals surface area (Å²) in [4.78, 5) is 19.9. The molecule has 0 atom stereocenters. The zero-order valence-corrected chi connectivity index (χ0v) is 20.7. The molecule has 2 aliphatic heterocycles. The molecule has 1 amide bonds. The van der Waals surface area contributed by atoms with E-state index in [1.54, 1.807) is 12.3 Å². The highest BCUT2D eigenvalue weighted by molar-refractivity contribution is 6.31. The quantitative estimate of drug-likeness (QED) is 0.330. The molecule has 0 bridgehead atoms. The highest BCUT2D eigenvalue weighted by Crippen LogP contribution is 2.48. The molecule has 2 aromatic carbocycles. The van der Waals surface area contributed by atoms with E-state index in [1.807, 2.05) is 48.4 Å². The third kappa shape index (κ3) is 3.77. The lowest BCUT2D eigenvalue weighted by atomic mass is 9.83. The second-order valence-electron chi connectivity index (χ2n) is 9.64. The molecule has 6 rings (SSSR count). The van der Waals surface area contributed by atoms with Crippen LogP contribution in [0.25, 0.3) is 16.7 Å². The number of likely N-dealkylation sites (tertiary alicyclic amines) is 1. The number of carbonyl (C=O) groups excluding carboxylic acids is 1. The number of rotatable bonds is 3. The smallest absolute Gasteiger partial charge is 0.256 e. The van der Waals surface area contributed by atoms with Crippen molar-refractivity contribution in [2.45, 2.75) is 31.9 Å². The average molecular weight is 502 g/mol. The van der Waals surface area contributed by atoms with Gasteiger partial charge in [-0.05, 0) is 48.9 Å². The highest BCUT2D eigenvalue weighted by Gasteiger charge is 2.46. The van der Waals surface area contributed by atoms with Gasteiger partial charge in [0.1, 0.15) is 17.2 Å². The Balaban J connectivity index is 1.28. The van der Waals surface area contributed by atoms with Crippen molar-refractivity contribution in [1.82, 2.24) is 14.5 Å². The zero-order chi connectivity index (χ0) is 25.0. The molecule has 1 saturated heterocycles. The van der Waals surface area contributed by atoms with Gasteiger partial charge in [-0.25, -0.2) is 4.39 Å². The van der Waals surface area contributed by atoms with Gasteiger partial charge in [0.15, 0.2) is 0 Å². The Labute approximate surface area is 213 Å². The average Bonchev–Trinajstić information content (AvgIpc) is 3.33. The van der Waals surface area contributed by atoms with Crippen molar-refractivity contribution in [2.24, 2.45) is 0 Å². The van der Waals surface area contributed by atoms with Crippen LogP contribution in [0, 0.1) is 12.7 Å². The first-order chi connectivity index (χ1) is 17.3. The largest absolute Gasteiger partial charge is 0.482 e. The van der Waals surface area contributed by atoms with Gasteiger partial charge in [0.2, 0.25) is 0 Å². The zero-order valence-electron chi connectivity index (χ0n) is 19.9. The van der Waals surface area contributed by atoms with Gasteiger partial charge in [0.25, 0.3) is 5.91 Å². The molecule has 36 heavy (non-hydrogen) atoms. The van der Waals surface area contributed by atoms with E-state index in [0.29, 0.717) is 48.8 Å². The van der Waals surface area contributed by atoms with Gasteiger partial charge in [0, 0.05) is 72.1 Å². The van der Waals surface area contributed by atoms with E-state index in [2.05, 4.69) is 16.1 Å². The molecule has 7 heteroatoms. The molecule has 4 aromatic rings. The number of benzene rings is 2. The van der Waals surface area contributed by atoms with Gasteiger partial charge in [-0.1, -0.05) is 30.3 Å². The first-order valence-corrected chi connectivity index (χ1v) is 12.4. The second-order valence-corrected chi connectivity index (χ2v) is 10.1. The molecule has 5 nitrogen and oxygen atoms in total. The van der Waals surface area contributed by atoms with E-state index in [1.165, 1.54) is 12.1 Å². The van der Waals surface area contributed by atoms with Gasteiger partial charge in [-0.3, -0.25) is 9.78 Å². The summed E-state index contributed by atoms with van der Waals surface area (Å²) in [7, 11) is 0. The van der Waals surface area contributed by atoms with Crippen LogP contribution in [-0.2, 0) is 16.9 Å². The van der Waals surface area contributed by atoms with Crippen molar-refractivity contribution in [1.29, 1.82) is 0 Å². The van der Waals surface area contributed by atoms with Crippen LogP contribution in [0.4, 0.5) is 4.39 Å². The summed E-state index contributed by atoms with van der Waals surface area (Å²) in [6, 6.07) is 14.4. The number of nitrogens with zero attached hydrogens (tertiary/aromatic N) is 3. The maximum atomic E-state index is 13.8. The predicted molar refractivity (Wildman–Crippen MR) is 138 cm³/mol. The fourth-order valence-corrected chi connectivity index (χ4v) is 5.74. The Kier molecular flexibility index (Phi) is 5.38. The highest BCUT2D eigenvalue weighted by atomic mass is 35.5. The third-order valence-electron chi connectivity index (χ3n) is 7.34. The van der Waals surface area contributed by atoms with Gasteiger partial charge in [-0.2, -0.15) is 0 Å². The van der Waals surface area contributed by atoms with E-state index in [9.17, 15) is 9.18 Å². The lowest BCUT2D eigenvalue weighted by Gasteiger charge is -2.39. The van der Waals surface area contributed by atoms with Crippen molar-refractivity contribution in [3.8, 4) is 0 Å². The van der Waals surface area contributed by atoms with Crippen molar-refractivity contribution in [3.05, 3.63) is 106 Å². The summed E-state index contributed by atoms with van der Waals surface area (Å²) in [5.41, 5.74) is 4.75. The van der Waals surface area contributed by atoms with Gasteiger partial charge < -0.3 is 14.2 Å². The Morgan fingerprint density at radius 2 is 1.97 bits per heavy atom. The second kappa shape index (κ2) is 8.49. The molecular weight excluding hydrogens is 477 g/mol. The summed E-state index contributed by atoms with van der Waals surface area (Å²) >= 11 is 6.33. The Morgan fingerprint density at radius 3 is 2.75 bits per heavy atom. The molecular formula is C29H25ClFN3O2. The summed E-state index contributed by atoms with van der Waals surface area (Å²) in [6.07, 6.45) is 4.97. The summed E-state index contributed by atoms with van der Waals surface area (Å²) in [5.74, 6) is 0.176. The minimum atomic E-state index is -0.558. The van der Waals surface area contributed by atoms with Crippen molar-refractivity contribution >= 4 is 34.2 Å². The Morgan fingerprint density at radius 1 is 1.17 bits per heavy atom. The van der Waals surface area contributed by atoms with Crippen LogP contribution >= 0.6 is 11.6 Å². The van der Waals surface area contributed by atoms with Crippen molar-refractivity contribution in [2.75, 3.05) is 13.1 Å². The SMILES string of the molecule is C=C1OC2(CCN(C(=O)c3cn(Cc4ccnc(C)c4)c4cc(Cl)ccc34)CC2)c2ccc(F)cc21. The fourth-order valence-electron chi connectivity index (χ4n) is 5.57. The molecule has 4 heterocycles. The number of piperidine rings is 1. The fraction of sp³-hybridized carbons (Fsp3) is 0.241. The molecule has 182 valence electrons. The number of hydrogen-bond acceptors (Lipinski definition) is 3. The molecule has 0 saturated carbocycles. The molecule has 0 N–H and O–H groups in total. The number of aryl methyl sites for hydroxylation is 1. The minimum Gasteiger partial charge on any atom is -0.482 e.